The zero-order valence-electron chi connectivity index (χ0n) is 9.56. The SMILES string of the molecule is CNCCCCOC1CCCCCC1. The molecular formula is C12H25NO. The van der Waals surface area contributed by atoms with E-state index in [-0.39, 0.29) is 0 Å². The molecule has 84 valence electrons. The molecule has 2 nitrogen and oxygen atoms in total. The molecule has 0 aromatic heterocycles. The summed E-state index contributed by atoms with van der Waals surface area (Å²) in [4.78, 5) is 0. The monoisotopic (exact) mass is 199 g/mol. The van der Waals surface area contributed by atoms with E-state index in [1.807, 2.05) is 7.05 Å². The maximum Gasteiger partial charge on any atom is 0.0575 e. The molecule has 0 unspecified atom stereocenters. The molecule has 14 heavy (non-hydrogen) atoms. The van der Waals surface area contributed by atoms with Crippen molar-refractivity contribution in [3.05, 3.63) is 0 Å². The molecule has 0 spiro atoms. The Bertz CT molecular complexity index is 119. The van der Waals surface area contributed by atoms with Gasteiger partial charge in [-0.2, -0.15) is 0 Å². The Morgan fingerprint density at radius 1 is 1.07 bits per heavy atom. The predicted octanol–water partition coefficient (Wildman–Crippen LogP) is 2.73. The van der Waals surface area contributed by atoms with Gasteiger partial charge in [-0.05, 0) is 39.3 Å². The Morgan fingerprint density at radius 2 is 1.79 bits per heavy atom. The average Bonchev–Trinajstić information content (AvgIpc) is 2.46. The van der Waals surface area contributed by atoms with E-state index in [9.17, 15) is 0 Å². The van der Waals surface area contributed by atoms with Crippen molar-refractivity contribution in [2.24, 2.45) is 0 Å². The van der Waals surface area contributed by atoms with Gasteiger partial charge in [0.05, 0.1) is 6.10 Å². The molecule has 1 N–H and O–H groups in total. The van der Waals surface area contributed by atoms with E-state index in [0.29, 0.717) is 6.10 Å². The fourth-order valence-electron chi connectivity index (χ4n) is 2.06. The summed E-state index contributed by atoms with van der Waals surface area (Å²) in [5.41, 5.74) is 0. The van der Waals surface area contributed by atoms with Crippen LogP contribution < -0.4 is 5.32 Å². The second kappa shape index (κ2) is 8.25. The van der Waals surface area contributed by atoms with E-state index in [1.165, 1.54) is 51.4 Å². The highest BCUT2D eigenvalue weighted by Gasteiger charge is 2.11. The van der Waals surface area contributed by atoms with Gasteiger partial charge in [0.25, 0.3) is 0 Å². The van der Waals surface area contributed by atoms with E-state index in [2.05, 4.69) is 5.32 Å². The predicted molar refractivity (Wildman–Crippen MR) is 60.6 cm³/mol. The van der Waals surface area contributed by atoms with Gasteiger partial charge in [-0.15, -0.1) is 0 Å². The first-order chi connectivity index (χ1) is 6.93. The van der Waals surface area contributed by atoms with Gasteiger partial charge >= 0.3 is 0 Å². The Morgan fingerprint density at radius 3 is 2.43 bits per heavy atom. The summed E-state index contributed by atoms with van der Waals surface area (Å²) < 4.78 is 5.88. The Labute approximate surface area is 88.4 Å². The largest absolute Gasteiger partial charge is 0.378 e. The summed E-state index contributed by atoms with van der Waals surface area (Å²) in [5, 5.41) is 3.16. The average molecular weight is 199 g/mol. The first-order valence-corrected chi connectivity index (χ1v) is 6.19. The van der Waals surface area contributed by atoms with Crippen LogP contribution in [0.25, 0.3) is 0 Å². The third-order valence-electron chi connectivity index (χ3n) is 2.98. The summed E-state index contributed by atoms with van der Waals surface area (Å²) in [6, 6.07) is 0. The molecular weight excluding hydrogens is 174 g/mol. The van der Waals surface area contributed by atoms with E-state index >= 15 is 0 Å². The number of hydrogen-bond acceptors (Lipinski definition) is 2. The van der Waals surface area contributed by atoms with Crippen molar-refractivity contribution in [3.63, 3.8) is 0 Å². The maximum atomic E-state index is 5.88. The molecule has 1 fully saturated rings. The summed E-state index contributed by atoms with van der Waals surface area (Å²) in [7, 11) is 2.01. The number of rotatable bonds is 6. The highest BCUT2D eigenvalue weighted by molar-refractivity contribution is 4.63. The van der Waals surface area contributed by atoms with Gasteiger partial charge in [0.15, 0.2) is 0 Å². The molecule has 1 aliphatic rings. The van der Waals surface area contributed by atoms with Crippen molar-refractivity contribution < 1.29 is 4.74 Å². The molecule has 0 atom stereocenters. The number of unbranched alkanes of at least 4 members (excludes halogenated alkanes) is 1. The lowest BCUT2D eigenvalue weighted by Gasteiger charge is -2.14. The molecule has 0 aromatic carbocycles. The zero-order chi connectivity index (χ0) is 10.1. The van der Waals surface area contributed by atoms with Crippen LogP contribution in [0.15, 0.2) is 0 Å². The van der Waals surface area contributed by atoms with Gasteiger partial charge in [0.2, 0.25) is 0 Å². The van der Waals surface area contributed by atoms with Crippen LogP contribution in [0.2, 0.25) is 0 Å². The van der Waals surface area contributed by atoms with Crippen LogP contribution in [-0.4, -0.2) is 26.3 Å². The van der Waals surface area contributed by atoms with Crippen molar-refractivity contribution in [2.75, 3.05) is 20.2 Å². The van der Waals surface area contributed by atoms with Crippen LogP contribution in [0.4, 0.5) is 0 Å². The van der Waals surface area contributed by atoms with Crippen LogP contribution in [0.5, 0.6) is 0 Å². The smallest absolute Gasteiger partial charge is 0.0575 e. The molecule has 0 aliphatic heterocycles. The lowest BCUT2D eigenvalue weighted by Crippen LogP contribution is -2.14. The van der Waals surface area contributed by atoms with Gasteiger partial charge in [-0.3, -0.25) is 0 Å². The maximum absolute atomic E-state index is 5.88. The first kappa shape index (κ1) is 12.0. The van der Waals surface area contributed by atoms with Crippen molar-refractivity contribution >= 4 is 0 Å². The highest BCUT2D eigenvalue weighted by atomic mass is 16.5. The van der Waals surface area contributed by atoms with Crippen LogP contribution in [0.3, 0.4) is 0 Å². The van der Waals surface area contributed by atoms with Gasteiger partial charge < -0.3 is 10.1 Å². The lowest BCUT2D eigenvalue weighted by atomic mass is 10.1. The molecule has 2 heteroatoms. The third kappa shape index (κ3) is 5.61. The summed E-state index contributed by atoms with van der Waals surface area (Å²) >= 11 is 0. The Balaban J connectivity index is 1.93. The fraction of sp³-hybridized carbons (Fsp3) is 1.00. The van der Waals surface area contributed by atoms with E-state index < -0.39 is 0 Å². The molecule has 1 aliphatic carbocycles. The molecule has 1 saturated carbocycles. The zero-order valence-corrected chi connectivity index (χ0v) is 9.56. The summed E-state index contributed by atoms with van der Waals surface area (Å²) in [6.45, 7) is 2.08. The normalized spacial score (nSPS) is 19.5. The number of hydrogen-bond donors (Lipinski definition) is 1. The lowest BCUT2D eigenvalue weighted by molar-refractivity contribution is 0.0411. The molecule has 1 rings (SSSR count). The second-order valence-corrected chi connectivity index (χ2v) is 4.30. The van der Waals surface area contributed by atoms with E-state index in [1.54, 1.807) is 0 Å². The minimum Gasteiger partial charge on any atom is -0.378 e. The Kier molecular flexibility index (Phi) is 7.06. The van der Waals surface area contributed by atoms with E-state index in [4.69, 9.17) is 4.74 Å². The van der Waals surface area contributed by atoms with Gasteiger partial charge in [0, 0.05) is 6.61 Å². The van der Waals surface area contributed by atoms with Crippen LogP contribution in [-0.2, 0) is 4.74 Å². The van der Waals surface area contributed by atoms with Crippen molar-refractivity contribution in [1.82, 2.24) is 5.32 Å². The standard InChI is InChI=1S/C12H25NO/c1-13-10-6-7-11-14-12-8-4-2-3-5-9-12/h12-13H,2-11H2,1H3. The minimum absolute atomic E-state index is 0.576. The molecule has 0 bridgehead atoms. The molecule has 0 radical (unpaired) electrons. The van der Waals surface area contributed by atoms with Crippen LogP contribution in [0.1, 0.15) is 51.4 Å². The molecule has 0 amide bonds. The topological polar surface area (TPSA) is 21.3 Å². The number of nitrogens with one attached hydrogen (secondary N) is 1. The van der Waals surface area contributed by atoms with Gasteiger partial charge in [-0.1, -0.05) is 25.7 Å². The molecule has 0 heterocycles. The molecule has 0 aromatic rings. The number of ether oxygens (including phenoxy) is 1. The van der Waals surface area contributed by atoms with Crippen molar-refractivity contribution in [1.29, 1.82) is 0 Å². The van der Waals surface area contributed by atoms with Crippen molar-refractivity contribution in [2.45, 2.75) is 57.5 Å². The van der Waals surface area contributed by atoms with Crippen LogP contribution >= 0.6 is 0 Å². The van der Waals surface area contributed by atoms with Crippen LogP contribution in [0, 0.1) is 0 Å². The third-order valence-corrected chi connectivity index (χ3v) is 2.98. The van der Waals surface area contributed by atoms with E-state index in [0.717, 1.165) is 13.2 Å². The fourth-order valence-corrected chi connectivity index (χ4v) is 2.06. The summed E-state index contributed by atoms with van der Waals surface area (Å²) in [5.74, 6) is 0. The first-order valence-electron chi connectivity index (χ1n) is 6.19. The molecule has 0 saturated heterocycles. The van der Waals surface area contributed by atoms with Crippen molar-refractivity contribution in [3.8, 4) is 0 Å². The second-order valence-electron chi connectivity index (χ2n) is 4.30. The minimum atomic E-state index is 0.576. The van der Waals surface area contributed by atoms with Gasteiger partial charge in [-0.25, -0.2) is 0 Å². The van der Waals surface area contributed by atoms with Gasteiger partial charge in [0.1, 0.15) is 0 Å². The Hall–Kier alpha value is -0.0800. The highest BCUT2D eigenvalue weighted by Crippen LogP contribution is 2.19. The quantitative estimate of drug-likeness (QED) is 0.524. The summed E-state index contributed by atoms with van der Waals surface area (Å²) in [6.07, 6.45) is 11.2.